The Hall–Kier alpha value is -2.43. The van der Waals surface area contributed by atoms with E-state index in [4.69, 9.17) is 13.9 Å². The van der Waals surface area contributed by atoms with Crippen LogP contribution in [-0.2, 0) is 17.9 Å². The number of benzene rings is 1. The molecule has 0 atom stereocenters. The fourth-order valence-corrected chi connectivity index (χ4v) is 3.11. The molecule has 0 saturated carbocycles. The lowest BCUT2D eigenvalue weighted by atomic mass is 10.1. The van der Waals surface area contributed by atoms with Crippen LogP contribution in [0.3, 0.4) is 0 Å². The molecular formula is C21H27NO4. The molecule has 5 nitrogen and oxygen atoms in total. The molecule has 3 rings (SSSR count). The van der Waals surface area contributed by atoms with Crippen molar-refractivity contribution < 1.29 is 18.7 Å². The first-order chi connectivity index (χ1) is 12.7. The molecule has 1 aliphatic heterocycles. The number of rotatable bonds is 9. The van der Waals surface area contributed by atoms with Crippen molar-refractivity contribution in [1.29, 1.82) is 0 Å². The van der Waals surface area contributed by atoms with Crippen molar-refractivity contribution in [3.05, 3.63) is 47.4 Å². The summed E-state index contributed by atoms with van der Waals surface area (Å²) in [5.41, 5.74) is 1.03. The van der Waals surface area contributed by atoms with Crippen LogP contribution in [0.4, 0.5) is 0 Å². The Bertz CT molecular complexity index is 737. The molecule has 0 N–H and O–H groups in total. The number of hydrogen-bond donors (Lipinski definition) is 0. The predicted octanol–water partition coefficient (Wildman–Crippen LogP) is 4.82. The van der Waals surface area contributed by atoms with Crippen molar-refractivity contribution in [2.75, 3.05) is 6.79 Å². The zero-order valence-corrected chi connectivity index (χ0v) is 15.6. The van der Waals surface area contributed by atoms with Gasteiger partial charge in [0.25, 0.3) is 0 Å². The largest absolute Gasteiger partial charge is 0.464 e. The fraction of sp³-hybridized carbons (Fsp3) is 0.476. The van der Waals surface area contributed by atoms with E-state index < -0.39 is 0 Å². The van der Waals surface area contributed by atoms with E-state index in [0.717, 1.165) is 41.4 Å². The van der Waals surface area contributed by atoms with Gasteiger partial charge in [-0.2, -0.15) is 0 Å². The van der Waals surface area contributed by atoms with Gasteiger partial charge in [0.05, 0.1) is 6.54 Å². The molecule has 0 unspecified atom stereocenters. The molecule has 5 heteroatoms. The van der Waals surface area contributed by atoms with Gasteiger partial charge in [-0.1, -0.05) is 32.3 Å². The lowest BCUT2D eigenvalue weighted by Gasteiger charge is -2.22. The molecule has 0 aliphatic carbocycles. The summed E-state index contributed by atoms with van der Waals surface area (Å²) in [6.45, 7) is 5.35. The number of furan rings is 1. The summed E-state index contributed by atoms with van der Waals surface area (Å²) in [4.78, 5) is 14.6. The summed E-state index contributed by atoms with van der Waals surface area (Å²) in [5.74, 6) is 3.33. The van der Waals surface area contributed by atoms with Crippen molar-refractivity contribution in [2.45, 2.75) is 59.0 Å². The molecule has 0 radical (unpaired) electrons. The van der Waals surface area contributed by atoms with Crippen LogP contribution in [0.1, 0.15) is 56.1 Å². The van der Waals surface area contributed by atoms with Crippen molar-refractivity contribution >= 4 is 5.91 Å². The molecule has 2 aromatic rings. The van der Waals surface area contributed by atoms with Crippen LogP contribution in [0.15, 0.2) is 34.7 Å². The monoisotopic (exact) mass is 357 g/mol. The lowest BCUT2D eigenvalue weighted by Crippen LogP contribution is -2.29. The van der Waals surface area contributed by atoms with E-state index >= 15 is 0 Å². The van der Waals surface area contributed by atoms with E-state index in [-0.39, 0.29) is 12.7 Å². The first-order valence-electron chi connectivity index (χ1n) is 9.37. The van der Waals surface area contributed by atoms with E-state index in [1.807, 2.05) is 42.2 Å². The average Bonchev–Trinajstić information content (AvgIpc) is 3.26. The highest BCUT2D eigenvalue weighted by Gasteiger charge is 2.18. The first-order valence-corrected chi connectivity index (χ1v) is 9.37. The summed E-state index contributed by atoms with van der Waals surface area (Å²) in [5, 5.41) is 0. The molecular weight excluding hydrogens is 330 g/mol. The van der Waals surface area contributed by atoms with E-state index in [9.17, 15) is 4.79 Å². The minimum atomic E-state index is 0.160. The SMILES string of the molecule is CCCCCCC(=O)N(Cc1ccc2c(c1)OCO2)Cc1ccc(C)o1. The highest BCUT2D eigenvalue weighted by Crippen LogP contribution is 2.33. The summed E-state index contributed by atoms with van der Waals surface area (Å²) >= 11 is 0. The summed E-state index contributed by atoms with van der Waals surface area (Å²) in [6, 6.07) is 9.70. The number of nitrogens with zero attached hydrogens (tertiary/aromatic N) is 1. The van der Waals surface area contributed by atoms with Gasteiger partial charge in [-0.15, -0.1) is 0 Å². The van der Waals surface area contributed by atoms with E-state index in [1.165, 1.54) is 12.8 Å². The van der Waals surface area contributed by atoms with Crippen LogP contribution in [0, 0.1) is 6.92 Å². The minimum Gasteiger partial charge on any atom is -0.464 e. The maximum Gasteiger partial charge on any atom is 0.231 e. The minimum absolute atomic E-state index is 0.160. The maximum atomic E-state index is 12.8. The number of carbonyl (C=O) groups excluding carboxylic acids is 1. The molecule has 1 amide bonds. The molecule has 140 valence electrons. The van der Waals surface area contributed by atoms with Crippen molar-refractivity contribution in [3.8, 4) is 11.5 Å². The molecule has 2 heterocycles. The van der Waals surface area contributed by atoms with Crippen LogP contribution in [0.25, 0.3) is 0 Å². The van der Waals surface area contributed by atoms with Gasteiger partial charge in [0, 0.05) is 13.0 Å². The number of carbonyl (C=O) groups is 1. The van der Waals surface area contributed by atoms with Gasteiger partial charge in [0.15, 0.2) is 11.5 Å². The number of hydrogen-bond acceptors (Lipinski definition) is 4. The first kappa shape index (κ1) is 18.4. The number of aryl methyl sites for hydroxylation is 1. The van der Waals surface area contributed by atoms with Crippen LogP contribution >= 0.6 is 0 Å². The van der Waals surface area contributed by atoms with Gasteiger partial charge in [-0.05, 0) is 43.2 Å². The third-order valence-corrected chi connectivity index (χ3v) is 4.55. The fourth-order valence-electron chi connectivity index (χ4n) is 3.11. The summed E-state index contributed by atoms with van der Waals surface area (Å²) in [7, 11) is 0. The second-order valence-corrected chi connectivity index (χ2v) is 6.76. The van der Waals surface area contributed by atoms with Gasteiger partial charge >= 0.3 is 0 Å². The van der Waals surface area contributed by atoms with Gasteiger partial charge < -0.3 is 18.8 Å². The Labute approximate surface area is 154 Å². The van der Waals surface area contributed by atoms with E-state index in [0.29, 0.717) is 19.5 Å². The quantitative estimate of drug-likeness (QED) is 0.604. The van der Waals surface area contributed by atoms with Crippen LogP contribution in [0.5, 0.6) is 11.5 Å². The van der Waals surface area contributed by atoms with Gasteiger partial charge in [0.1, 0.15) is 11.5 Å². The molecule has 1 aromatic carbocycles. The molecule has 0 saturated heterocycles. The average molecular weight is 357 g/mol. The number of amides is 1. The summed E-state index contributed by atoms with van der Waals surface area (Å²) < 4.78 is 16.5. The maximum absolute atomic E-state index is 12.8. The number of fused-ring (bicyclic) bond motifs is 1. The highest BCUT2D eigenvalue weighted by molar-refractivity contribution is 5.76. The van der Waals surface area contributed by atoms with Crippen molar-refractivity contribution in [2.24, 2.45) is 0 Å². The lowest BCUT2D eigenvalue weighted by molar-refractivity contribution is -0.132. The zero-order valence-electron chi connectivity index (χ0n) is 15.6. The third kappa shape index (κ3) is 4.81. The van der Waals surface area contributed by atoms with E-state index in [2.05, 4.69) is 6.92 Å². The third-order valence-electron chi connectivity index (χ3n) is 4.55. The molecule has 0 spiro atoms. The standard InChI is InChI=1S/C21H27NO4/c1-3-4-5-6-7-21(23)22(14-18-10-8-16(2)26-18)13-17-9-11-19-20(12-17)25-15-24-19/h8-12H,3-7,13-15H2,1-2H3. The number of unbranched alkanes of at least 4 members (excludes halogenated alkanes) is 3. The predicted molar refractivity (Wildman–Crippen MR) is 99.0 cm³/mol. The van der Waals surface area contributed by atoms with Crippen LogP contribution in [-0.4, -0.2) is 17.6 Å². The smallest absolute Gasteiger partial charge is 0.231 e. The molecule has 1 aliphatic rings. The molecule has 26 heavy (non-hydrogen) atoms. The van der Waals surface area contributed by atoms with Crippen LogP contribution < -0.4 is 9.47 Å². The normalized spacial score (nSPS) is 12.4. The number of ether oxygens (including phenoxy) is 2. The van der Waals surface area contributed by atoms with Gasteiger partial charge in [0.2, 0.25) is 12.7 Å². The Morgan fingerprint density at radius 3 is 2.65 bits per heavy atom. The van der Waals surface area contributed by atoms with Gasteiger partial charge in [-0.25, -0.2) is 0 Å². The zero-order chi connectivity index (χ0) is 18.4. The Morgan fingerprint density at radius 2 is 1.88 bits per heavy atom. The molecule has 0 fully saturated rings. The highest BCUT2D eigenvalue weighted by atomic mass is 16.7. The molecule has 0 bridgehead atoms. The second kappa shape index (κ2) is 8.79. The van der Waals surface area contributed by atoms with Gasteiger partial charge in [-0.3, -0.25) is 4.79 Å². The van der Waals surface area contributed by atoms with Crippen molar-refractivity contribution in [3.63, 3.8) is 0 Å². The molecule has 1 aromatic heterocycles. The van der Waals surface area contributed by atoms with Crippen LogP contribution in [0.2, 0.25) is 0 Å². The second-order valence-electron chi connectivity index (χ2n) is 6.76. The topological polar surface area (TPSA) is 51.9 Å². The van der Waals surface area contributed by atoms with Crippen molar-refractivity contribution in [1.82, 2.24) is 4.90 Å². The Balaban J connectivity index is 1.68. The Morgan fingerprint density at radius 1 is 1.04 bits per heavy atom. The summed E-state index contributed by atoms with van der Waals surface area (Å²) in [6.07, 6.45) is 4.94. The Kier molecular flexibility index (Phi) is 6.21. The van der Waals surface area contributed by atoms with E-state index in [1.54, 1.807) is 0 Å².